The van der Waals surface area contributed by atoms with Gasteiger partial charge in [-0.2, -0.15) is 9.94 Å². The summed E-state index contributed by atoms with van der Waals surface area (Å²) in [4.78, 5) is 27.3. The van der Waals surface area contributed by atoms with Crippen LogP contribution in [0.2, 0.25) is 0 Å². The molecule has 0 amide bonds. The molecule has 1 aliphatic carbocycles. The quantitative estimate of drug-likeness (QED) is 0.544. The number of halogens is 1. The summed E-state index contributed by atoms with van der Waals surface area (Å²) < 4.78 is 17.4. The van der Waals surface area contributed by atoms with Gasteiger partial charge in [-0.25, -0.2) is 9.18 Å². The second-order valence-corrected chi connectivity index (χ2v) is 8.54. The molecule has 0 unspecified atom stereocenters. The van der Waals surface area contributed by atoms with Crippen LogP contribution in [0.4, 0.5) is 10.1 Å². The van der Waals surface area contributed by atoms with Crippen molar-refractivity contribution in [1.82, 2.24) is 14.6 Å². The first kappa shape index (κ1) is 20.4. The number of nitriles is 1. The molecule has 1 aromatic carbocycles. The van der Waals surface area contributed by atoms with Gasteiger partial charge >= 0.3 is 5.69 Å². The number of hydrogen-bond donors (Lipinski definition) is 2. The van der Waals surface area contributed by atoms with Crippen molar-refractivity contribution in [2.75, 3.05) is 36.9 Å². The monoisotopic (exact) mass is 414 g/mol. The Balaban J connectivity index is 1.75. The third-order valence-corrected chi connectivity index (χ3v) is 6.38. The van der Waals surface area contributed by atoms with Gasteiger partial charge in [0.25, 0.3) is 5.56 Å². The van der Waals surface area contributed by atoms with E-state index in [0.717, 1.165) is 19.4 Å². The van der Waals surface area contributed by atoms with Gasteiger partial charge in [-0.15, -0.1) is 0 Å². The summed E-state index contributed by atoms with van der Waals surface area (Å²) in [6.07, 6.45) is 2.15. The van der Waals surface area contributed by atoms with Crippen LogP contribution in [0.1, 0.15) is 37.8 Å². The van der Waals surface area contributed by atoms with Crippen molar-refractivity contribution in [3.8, 4) is 6.07 Å². The van der Waals surface area contributed by atoms with E-state index < -0.39 is 17.1 Å². The highest BCUT2D eigenvalue weighted by molar-refractivity contribution is 5.87. The van der Waals surface area contributed by atoms with Gasteiger partial charge in [0.15, 0.2) is 0 Å². The van der Waals surface area contributed by atoms with E-state index in [1.54, 1.807) is 11.5 Å². The molecule has 0 spiro atoms. The van der Waals surface area contributed by atoms with E-state index in [1.807, 2.05) is 4.90 Å². The third kappa shape index (κ3) is 3.35. The van der Waals surface area contributed by atoms with Crippen molar-refractivity contribution in [2.45, 2.75) is 39.2 Å². The summed E-state index contributed by atoms with van der Waals surface area (Å²) in [5.41, 5.74) is 0.336. The first-order valence-electron chi connectivity index (χ1n) is 10.4. The summed E-state index contributed by atoms with van der Waals surface area (Å²) in [5, 5.41) is 12.1. The van der Waals surface area contributed by atoms with Gasteiger partial charge in [0.1, 0.15) is 5.82 Å². The first-order valence-corrected chi connectivity index (χ1v) is 10.4. The predicted molar refractivity (Wildman–Crippen MR) is 114 cm³/mol. The lowest BCUT2D eigenvalue weighted by Crippen LogP contribution is -2.44. The smallest absolute Gasteiger partial charge is 0.350 e. The average molecular weight is 414 g/mol. The molecular formula is C21H27FN6O2. The number of anilines is 1. The SMILES string of the molecule is Cc1c(N2C[C@H](CNCCC#N)[C@@H](C)C2)c(F)cc2c(=O)n(N)c(=O)n(C3CC3)c12. The maximum Gasteiger partial charge on any atom is 0.350 e. The minimum atomic E-state index is -0.671. The zero-order chi connectivity index (χ0) is 21.6. The molecule has 1 saturated heterocycles. The third-order valence-electron chi connectivity index (χ3n) is 6.38. The topological polar surface area (TPSA) is 109 Å². The van der Waals surface area contributed by atoms with E-state index >= 15 is 4.39 Å². The normalized spacial score (nSPS) is 21.3. The lowest BCUT2D eigenvalue weighted by molar-refractivity contribution is 0.423. The summed E-state index contributed by atoms with van der Waals surface area (Å²) >= 11 is 0. The van der Waals surface area contributed by atoms with Crippen LogP contribution in [0, 0.1) is 35.9 Å². The number of nitrogens with two attached hydrogens (primary N) is 1. The van der Waals surface area contributed by atoms with Gasteiger partial charge in [-0.3, -0.25) is 9.36 Å². The van der Waals surface area contributed by atoms with Crippen LogP contribution in [0.25, 0.3) is 10.9 Å². The fourth-order valence-corrected chi connectivity index (χ4v) is 4.63. The van der Waals surface area contributed by atoms with Crippen LogP contribution in [0.5, 0.6) is 0 Å². The van der Waals surface area contributed by atoms with Crippen molar-refractivity contribution in [2.24, 2.45) is 11.8 Å². The number of nitrogens with zero attached hydrogens (tertiary/aromatic N) is 4. The van der Waals surface area contributed by atoms with Gasteiger partial charge in [0.2, 0.25) is 0 Å². The molecule has 1 saturated carbocycles. The van der Waals surface area contributed by atoms with Crippen LogP contribution in [0.15, 0.2) is 15.7 Å². The highest BCUT2D eigenvalue weighted by Gasteiger charge is 2.34. The standard InChI is InChI=1S/C21H27FN6O2/c1-12-10-26(11-14(12)9-25-7-3-6-23)19-13(2)18-16(8-17(19)22)20(29)28(24)21(30)27(18)15-4-5-15/h8,12,14-15,25H,3-5,7,9-11,24H2,1-2H3/t12-,14-/m0/s1. The number of benzene rings is 1. The lowest BCUT2D eigenvalue weighted by Gasteiger charge is -2.24. The molecule has 0 bridgehead atoms. The molecule has 0 radical (unpaired) electrons. The average Bonchev–Trinajstić information content (AvgIpc) is 3.48. The molecule has 1 aromatic heterocycles. The van der Waals surface area contributed by atoms with E-state index in [-0.39, 0.29) is 11.4 Å². The van der Waals surface area contributed by atoms with Crippen molar-refractivity contribution < 1.29 is 4.39 Å². The van der Waals surface area contributed by atoms with Crippen LogP contribution in [-0.4, -0.2) is 35.4 Å². The maximum atomic E-state index is 15.2. The van der Waals surface area contributed by atoms with E-state index in [2.05, 4.69) is 18.3 Å². The molecule has 2 atom stereocenters. The van der Waals surface area contributed by atoms with E-state index in [1.165, 1.54) is 6.07 Å². The number of rotatable bonds is 6. The Labute approximate surface area is 173 Å². The van der Waals surface area contributed by atoms with Crippen LogP contribution >= 0.6 is 0 Å². The van der Waals surface area contributed by atoms with Crippen LogP contribution in [0.3, 0.4) is 0 Å². The van der Waals surface area contributed by atoms with Crippen LogP contribution in [-0.2, 0) is 0 Å². The summed E-state index contributed by atoms with van der Waals surface area (Å²) in [6, 6.07) is 3.35. The fraction of sp³-hybridized carbons (Fsp3) is 0.571. The van der Waals surface area contributed by atoms with Gasteiger partial charge in [-0.05, 0) is 37.7 Å². The Bertz CT molecular complexity index is 1140. The van der Waals surface area contributed by atoms with E-state index in [0.29, 0.717) is 59.3 Å². The summed E-state index contributed by atoms with van der Waals surface area (Å²) in [5.74, 6) is 5.89. The second kappa shape index (κ2) is 7.76. The molecule has 8 nitrogen and oxygen atoms in total. The highest BCUT2D eigenvalue weighted by Crippen LogP contribution is 2.39. The molecule has 2 fully saturated rings. The van der Waals surface area contributed by atoms with Crippen molar-refractivity contribution in [3.63, 3.8) is 0 Å². The van der Waals surface area contributed by atoms with E-state index in [4.69, 9.17) is 11.1 Å². The molecule has 9 heteroatoms. The molecule has 30 heavy (non-hydrogen) atoms. The van der Waals surface area contributed by atoms with Gasteiger partial charge in [0, 0.05) is 44.2 Å². The van der Waals surface area contributed by atoms with Gasteiger partial charge < -0.3 is 16.1 Å². The summed E-state index contributed by atoms with van der Waals surface area (Å²) in [6.45, 7) is 6.68. The zero-order valence-electron chi connectivity index (χ0n) is 17.3. The molecule has 2 aliphatic rings. The molecule has 2 aromatic rings. The first-order chi connectivity index (χ1) is 14.3. The Morgan fingerprint density at radius 3 is 2.73 bits per heavy atom. The largest absolute Gasteiger partial charge is 0.368 e. The molecule has 1 aliphatic heterocycles. The predicted octanol–water partition coefficient (Wildman–Crippen LogP) is 1.24. The zero-order valence-corrected chi connectivity index (χ0v) is 17.3. The molecule has 4 rings (SSSR count). The van der Waals surface area contributed by atoms with Gasteiger partial charge in [-0.1, -0.05) is 6.92 Å². The van der Waals surface area contributed by atoms with Crippen LogP contribution < -0.4 is 27.3 Å². The minimum absolute atomic E-state index is 0.00185. The Kier molecular flexibility index (Phi) is 5.28. The van der Waals surface area contributed by atoms with E-state index in [9.17, 15) is 9.59 Å². The van der Waals surface area contributed by atoms with Crippen molar-refractivity contribution >= 4 is 16.6 Å². The minimum Gasteiger partial charge on any atom is -0.368 e. The number of aromatic nitrogens is 2. The molecule has 2 heterocycles. The summed E-state index contributed by atoms with van der Waals surface area (Å²) in [7, 11) is 0. The number of hydrogen-bond acceptors (Lipinski definition) is 6. The van der Waals surface area contributed by atoms with Crippen molar-refractivity contribution in [3.05, 3.63) is 38.3 Å². The van der Waals surface area contributed by atoms with Gasteiger partial charge in [0.05, 0.1) is 22.7 Å². The number of fused-ring (bicyclic) bond motifs is 1. The molecule has 160 valence electrons. The maximum absolute atomic E-state index is 15.2. The Hall–Kier alpha value is -2.86. The highest BCUT2D eigenvalue weighted by atomic mass is 19.1. The fourth-order valence-electron chi connectivity index (χ4n) is 4.63. The number of nitrogens with one attached hydrogen (secondary N) is 1. The number of aryl methyl sites for hydroxylation is 1. The Morgan fingerprint density at radius 1 is 1.33 bits per heavy atom. The molecule has 3 N–H and O–H groups in total. The molecular weight excluding hydrogens is 387 g/mol. The second-order valence-electron chi connectivity index (χ2n) is 8.54. The van der Waals surface area contributed by atoms with Crippen molar-refractivity contribution in [1.29, 1.82) is 5.26 Å². The Morgan fingerprint density at radius 2 is 2.07 bits per heavy atom. The lowest BCUT2D eigenvalue weighted by atomic mass is 9.98. The number of nitrogen functional groups attached to an aromatic ring is 1.